The molecule has 1 aliphatic heterocycles. The van der Waals surface area contributed by atoms with Crippen LogP contribution in [0, 0.1) is 17.5 Å². The number of anilines is 2. The number of ether oxygens (including phenoxy) is 1. The van der Waals surface area contributed by atoms with E-state index in [-0.39, 0.29) is 22.3 Å². The lowest BCUT2D eigenvalue weighted by molar-refractivity contribution is 0.0959. The van der Waals surface area contributed by atoms with Gasteiger partial charge in [-0.1, -0.05) is 12.1 Å². The van der Waals surface area contributed by atoms with Crippen LogP contribution in [0.4, 0.5) is 24.5 Å². The van der Waals surface area contributed by atoms with E-state index in [2.05, 4.69) is 15.5 Å². The molecule has 0 saturated carbocycles. The van der Waals surface area contributed by atoms with Crippen molar-refractivity contribution in [1.29, 1.82) is 0 Å². The molecule has 35 heavy (non-hydrogen) atoms. The molecule has 1 aromatic heterocycles. The van der Waals surface area contributed by atoms with E-state index in [0.29, 0.717) is 23.1 Å². The minimum atomic E-state index is -3.41. The molecule has 3 aromatic carbocycles. The topological polar surface area (TPSA) is 104 Å². The number of carbonyl (C=O) groups is 1. The molecular formula is C23H17F3N4O4S. The van der Waals surface area contributed by atoms with E-state index in [1.165, 1.54) is 25.2 Å². The second kappa shape index (κ2) is 8.62. The van der Waals surface area contributed by atoms with Crippen molar-refractivity contribution in [2.75, 3.05) is 18.0 Å². The highest BCUT2D eigenvalue weighted by molar-refractivity contribution is 7.74. The minimum Gasteiger partial charge on any atom is -0.493 e. The van der Waals surface area contributed by atoms with Crippen molar-refractivity contribution in [2.45, 2.75) is 6.42 Å². The number of aromatic amines is 1. The fourth-order valence-electron chi connectivity index (χ4n) is 4.10. The van der Waals surface area contributed by atoms with Crippen LogP contribution >= 0.6 is 0 Å². The third-order valence-electron chi connectivity index (χ3n) is 5.77. The molecular weight excluding hydrogens is 485 g/mol. The summed E-state index contributed by atoms with van der Waals surface area (Å²) in [6.45, 7) is 0.439. The van der Waals surface area contributed by atoms with E-state index in [1.807, 2.05) is 0 Å². The van der Waals surface area contributed by atoms with Crippen LogP contribution in [0.25, 0.3) is 22.0 Å². The fraction of sp³-hybridized carbons (Fsp3) is 0.130. The first-order valence-corrected chi connectivity index (χ1v) is 11.5. The van der Waals surface area contributed by atoms with Gasteiger partial charge in [0, 0.05) is 30.5 Å². The lowest BCUT2D eigenvalue weighted by Crippen LogP contribution is -2.18. The summed E-state index contributed by atoms with van der Waals surface area (Å²) in [6, 6.07) is 8.83. The maximum atomic E-state index is 15.7. The smallest absolute Gasteiger partial charge is 0.272 e. The van der Waals surface area contributed by atoms with Crippen molar-refractivity contribution >= 4 is 39.1 Å². The number of hydrogen-bond acceptors (Lipinski definition) is 5. The zero-order chi connectivity index (χ0) is 24.9. The van der Waals surface area contributed by atoms with Crippen LogP contribution in [0.15, 0.2) is 42.5 Å². The number of fused-ring (bicyclic) bond motifs is 2. The van der Waals surface area contributed by atoms with Gasteiger partial charge in [-0.05, 0) is 29.8 Å². The maximum absolute atomic E-state index is 15.7. The summed E-state index contributed by atoms with van der Waals surface area (Å²) in [6.07, 6.45) is 0.658. The molecule has 0 bridgehead atoms. The van der Waals surface area contributed by atoms with Crippen LogP contribution in [0.1, 0.15) is 16.1 Å². The molecule has 0 fully saturated rings. The molecule has 1 amide bonds. The van der Waals surface area contributed by atoms with Crippen molar-refractivity contribution in [3.05, 3.63) is 71.2 Å². The predicted octanol–water partition coefficient (Wildman–Crippen LogP) is 3.61. The summed E-state index contributed by atoms with van der Waals surface area (Å²) in [5.41, 5.74) is -1.09. The van der Waals surface area contributed by atoms with Crippen LogP contribution in [-0.4, -0.2) is 38.2 Å². The minimum absolute atomic E-state index is 0.0814. The normalized spacial score (nSPS) is 12.6. The summed E-state index contributed by atoms with van der Waals surface area (Å²) in [4.78, 5) is 11.9. The van der Waals surface area contributed by atoms with Crippen LogP contribution in [0.2, 0.25) is 0 Å². The molecule has 1 aliphatic rings. The number of benzene rings is 3. The second-order valence-corrected chi connectivity index (χ2v) is 8.57. The molecule has 12 heteroatoms. The number of nitrogens with zero attached hydrogens (tertiary/aromatic N) is 2. The van der Waals surface area contributed by atoms with Crippen LogP contribution < -0.4 is 14.4 Å². The zero-order valence-corrected chi connectivity index (χ0v) is 19.0. The van der Waals surface area contributed by atoms with Crippen molar-refractivity contribution in [3.63, 3.8) is 0 Å². The Morgan fingerprint density at radius 1 is 1.11 bits per heavy atom. The lowest BCUT2D eigenvalue weighted by Gasteiger charge is -2.21. The molecule has 2 N–H and O–H groups in total. The number of carbonyl (C=O) groups excluding carboxylic acids is 1. The molecule has 0 aliphatic carbocycles. The Bertz CT molecular complexity index is 1580. The fourth-order valence-corrected chi connectivity index (χ4v) is 4.74. The SMILES string of the molecule is CNC(=O)c1n[nH]c2c(F)c(-c3c(F)ccc(N(c4ccc5c(c4)OCC5)[SH](=O)=O)c3F)ccc12. The van der Waals surface area contributed by atoms with Crippen molar-refractivity contribution < 1.29 is 31.1 Å². The number of H-pyrrole nitrogens is 1. The van der Waals surface area contributed by atoms with Gasteiger partial charge in [0.25, 0.3) is 5.91 Å². The van der Waals surface area contributed by atoms with Gasteiger partial charge in [-0.3, -0.25) is 9.89 Å². The van der Waals surface area contributed by atoms with Gasteiger partial charge in [0.15, 0.2) is 17.3 Å². The summed E-state index contributed by atoms with van der Waals surface area (Å²) in [5.74, 6) is -3.54. The predicted molar refractivity (Wildman–Crippen MR) is 123 cm³/mol. The van der Waals surface area contributed by atoms with E-state index in [0.717, 1.165) is 23.8 Å². The maximum Gasteiger partial charge on any atom is 0.272 e. The first-order chi connectivity index (χ1) is 16.8. The monoisotopic (exact) mass is 502 g/mol. The van der Waals surface area contributed by atoms with Crippen molar-refractivity contribution in [2.24, 2.45) is 0 Å². The summed E-state index contributed by atoms with van der Waals surface area (Å²) in [7, 11) is -2.03. The number of rotatable bonds is 5. The molecule has 8 nitrogen and oxygen atoms in total. The van der Waals surface area contributed by atoms with Gasteiger partial charge in [-0.15, -0.1) is 0 Å². The highest BCUT2D eigenvalue weighted by Crippen LogP contribution is 2.40. The van der Waals surface area contributed by atoms with E-state index < -0.39 is 51.1 Å². The number of nitrogens with one attached hydrogen (secondary N) is 2. The van der Waals surface area contributed by atoms with Crippen LogP contribution in [0.3, 0.4) is 0 Å². The van der Waals surface area contributed by atoms with Gasteiger partial charge in [-0.2, -0.15) is 5.10 Å². The molecule has 4 aromatic rings. The Labute approximate surface area is 198 Å². The van der Waals surface area contributed by atoms with Crippen LogP contribution in [0.5, 0.6) is 5.75 Å². The van der Waals surface area contributed by atoms with Crippen LogP contribution in [-0.2, 0) is 17.3 Å². The quantitative estimate of drug-likeness (QED) is 0.362. The van der Waals surface area contributed by atoms with Gasteiger partial charge < -0.3 is 10.1 Å². The van der Waals surface area contributed by atoms with E-state index in [9.17, 15) is 17.6 Å². The Morgan fingerprint density at radius 2 is 1.91 bits per heavy atom. The summed E-state index contributed by atoms with van der Waals surface area (Å²) >= 11 is 0. The summed E-state index contributed by atoms with van der Waals surface area (Å²) < 4.78 is 76.4. The number of aromatic nitrogens is 2. The largest absolute Gasteiger partial charge is 0.493 e. The van der Waals surface area contributed by atoms with Gasteiger partial charge in [0.1, 0.15) is 17.1 Å². The third kappa shape index (κ3) is 3.66. The third-order valence-corrected chi connectivity index (χ3v) is 6.55. The van der Waals surface area contributed by atoms with E-state index in [1.54, 1.807) is 6.07 Å². The number of hydrogen-bond donors (Lipinski definition) is 3. The molecule has 0 spiro atoms. The molecule has 0 atom stereocenters. The molecule has 2 heterocycles. The first-order valence-electron chi connectivity index (χ1n) is 10.4. The molecule has 0 saturated heterocycles. The van der Waals surface area contributed by atoms with Gasteiger partial charge in [0.05, 0.1) is 23.5 Å². The summed E-state index contributed by atoms with van der Waals surface area (Å²) in [5, 5.41) is 8.64. The van der Waals surface area contributed by atoms with Gasteiger partial charge in [-0.25, -0.2) is 25.9 Å². The average molecular weight is 502 g/mol. The molecule has 0 radical (unpaired) electrons. The second-order valence-electron chi connectivity index (χ2n) is 7.70. The Balaban J connectivity index is 1.67. The number of halogens is 3. The Hall–Kier alpha value is -4.06. The van der Waals surface area contributed by atoms with Gasteiger partial charge in [0.2, 0.25) is 10.9 Å². The zero-order valence-electron chi connectivity index (χ0n) is 18.1. The average Bonchev–Trinajstić information content (AvgIpc) is 3.48. The Kier molecular flexibility index (Phi) is 5.59. The van der Waals surface area contributed by atoms with E-state index >= 15 is 8.78 Å². The number of thiol groups is 1. The molecule has 5 rings (SSSR count). The standard InChI is InChI=1S/C23H17F3N4O4S/c1-27-23(31)22-14-5-4-13(19(25)21(14)28-29-22)18-15(24)6-7-16(20(18)26)30(35(32)33)12-3-2-11-8-9-34-17(11)10-12/h2-7,10,35H,8-9H2,1H3,(H,27,31)(H,28,29). The highest BCUT2D eigenvalue weighted by Gasteiger charge is 2.27. The highest BCUT2D eigenvalue weighted by atomic mass is 32.2. The van der Waals surface area contributed by atoms with Gasteiger partial charge >= 0.3 is 0 Å². The molecule has 180 valence electrons. The van der Waals surface area contributed by atoms with Crippen molar-refractivity contribution in [3.8, 4) is 16.9 Å². The molecule has 0 unspecified atom stereocenters. The first kappa shape index (κ1) is 22.7. The lowest BCUT2D eigenvalue weighted by atomic mass is 10.0. The van der Waals surface area contributed by atoms with Crippen molar-refractivity contribution in [1.82, 2.24) is 15.5 Å². The van der Waals surface area contributed by atoms with E-state index in [4.69, 9.17) is 4.74 Å². The number of amides is 1. The Morgan fingerprint density at radius 3 is 2.66 bits per heavy atom.